The van der Waals surface area contributed by atoms with Gasteiger partial charge in [-0.05, 0) is 98.5 Å². The van der Waals surface area contributed by atoms with Gasteiger partial charge in [-0.2, -0.15) is 9.97 Å². The van der Waals surface area contributed by atoms with E-state index in [1.807, 2.05) is 18.2 Å². The molecule has 9 rings (SSSR count). The lowest BCUT2D eigenvalue weighted by Crippen LogP contribution is -2.60. The van der Waals surface area contributed by atoms with E-state index in [4.69, 9.17) is 25.9 Å². The molecule has 8 heteroatoms. The Hall–Kier alpha value is -4.06. The number of aromatic nitrogens is 2. The molecule has 4 fully saturated rings. The third kappa shape index (κ3) is 3.91. The Morgan fingerprint density at radius 2 is 1.98 bits per heavy atom. The second-order valence-corrected chi connectivity index (χ2v) is 13.0. The van der Waals surface area contributed by atoms with Crippen LogP contribution in [0.1, 0.15) is 44.1 Å². The van der Waals surface area contributed by atoms with E-state index in [2.05, 4.69) is 33.2 Å². The van der Waals surface area contributed by atoms with Gasteiger partial charge < -0.3 is 24.8 Å². The summed E-state index contributed by atoms with van der Waals surface area (Å²) < 4.78 is 13.2. The number of piperazine rings is 1. The molecule has 218 valence electrons. The second kappa shape index (κ2) is 9.47. The number of hydrogen-bond acceptors (Lipinski definition) is 8. The van der Waals surface area contributed by atoms with Crippen LogP contribution in [0.25, 0.3) is 32.8 Å². The van der Waals surface area contributed by atoms with Crippen LogP contribution < -0.4 is 19.7 Å². The molecular weight excluding hydrogens is 538 g/mol. The first-order valence-electron chi connectivity index (χ1n) is 15.7. The number of phenolic OH excluding ortho intramolecular Hbond substituents is 1. The zero-order chi connectivity index (χ0) is 28.7. The van der Waals surface area contributed by atoms with Crippen molar-refractivity contribution >= 4 is 27.5 Å². The van der Waals surface area contributed by atoms with Crippen molar-refractivity contribution in [2.45, 2.75) is 62.2 Å². The van der Waals surface area contributed by atoms with Gasteiger partial charge in [-0.25, -0.2) is 0 Å². The minimum absolute atomic E-state index is 0.103. The summed E-state index contributed by atoms with van der Waals surface area (Å²) in [6.45, 7) is 4.36. The Kier molecular flexibility index (Phi) is 5.60. The van der Waals surface area contributed by atoms with Crippen molar-refractivity contribution in [3.05, 3.63) is 48.0 Å². The molecule has 4 saturated heterocycles. The summed E-state index contributed by atoms with van der Waals surface area (Å²) in [6.07, 6.45) is 13.0. The third-order valence-corrected chi connectivity index (χ3v) is 10.7. The van der Waals surface area contributed by atoms with Crippen molar-refractivity contribution in [1.82, 2.24) is 20.2 Å². The lowest BCUT2D eigenvalue weighted by Gasteiger charge is -2.40. The van der Waals surface area contributed by atoms with Gasteiger partial charge in [0, 0.05) is 29.6 Å². The van der Waals surface area contributed by atoms with E-state index >= 15 is 0 Å². The van der Waals surface area contributed by atoms with Crippen molar-refractivity contribution in [3.8, 4) is 41.0 Å². The number of anilines is 1. The molecule has 6 heterocycles. The zero-order valence-electron chi connectivity index (χ0n) is 24.2. The van der Waals surface area contributed by atoms with Crippen LogP contribution in [0.4, 0.5) is 5.82 Å². The number of ether oxygens (including phenoxy) is 2. The van der Waals surface area contributed by atoms with E-state index in [9.17, 15) is 5.11 Å². The van der Waals surface area contributed by atoms with Crippen LogP contribution in [0.3, 0.4) is 0 Å². The Labute approximate surface area is 251 Å². The molecule has 3 aromatic carbocycles. The van der Waals surface area contributed by atoms with Gasteiger partial charge in [0.05, 0.1) is 22.5 Å². The van der Waals surface area contributed by atoms with Gasteiger partial charge in [-0.3, -0.25) is 4.90 Å². The molecular formula is C35H35N5O3. The number of nitrogens with one attached hydrogen (secondary N) is 1. The average Bonchev–Trinajstić information content (AvgIpc) is 3.69. The number of terminal acetylenes is 1. The maximum atomic E-state index is 10.7. The predicted octanol–water partition coefficient (Wildman–Crippen LogP) is 4.85. The van der Waals surface area contributed by atoms with Crippen LogP contribution in [-0.4, -0.2) is 76.5 Å². The summed E-state index contributed by atoms with van der Waals surface area (Å²) >= 11 is 0. The highest BCUT2D eigenvalue weighted by Crippen LogP contribution is 2.45. The smallest absolute Gasteiger partial charge is 0.319 e. The highest BCUT2D eigenvalue weighted by atomic mass is 16.5. The fraction of sp³-hybridized carbons (Fsp3) is 0.429. The first-order chi connectivity index (χ1) is 21.1. The Morgan fingerprint density at radius 3 is 2.84 bits per heavy atom. The van der Waals surface area contributed by atoms with Gasteiger partial charge in [0.25, 0.3) is 0 Å². The normalized spacial score (nSPS) is 25.3. The zero-order valence-corrected chi connectivity index (χ0v) is 24.2. The quantitative estimate of drug-likeness (QED) is 0.336. The maximum absolute atomic E-state index is 10.7. The van der Waals surface area contributed by atoms with E-state index in [0.29, 0.717) is 31.3 Å². The van der Waals surface area contributed by atoms with Crippen LogP contribution >= 0.6 is 0 Å². The molecule has 43 heavy (non-hydrogen) atoms. The number of fused-ring (bicyclic) bond motifs is 7. The Balaban J connectivity index is 1.22. The van der Waals surface area contributed by atoms with Crippen LogP contribution in [0.2, 0.25) is 0 Å². The fourth-order valence-corrected chi connectivity index (χ4v) is 8.66. The standard InChI is InChI=1S/C35H35N5O3/c1-2-21-6-3-7-22-14-25(41)17-26(31(21)22)23-15-28-32-30(16-23)42-19-29-27-9-8-24(36-27)18-40(29)33(32)38-34(37-28)43-20-35-10-4-12-39(35)13-5-11-35/h1,3,6-7,14-17,24,27,29,36,41H,4-5,8-13,18-20H2. The van der Waals surface area contributed by atoms with E-state index in [-0.39, 0.29) is 17.3 Å². The maximum Gasteiger partial charge on any atom is 0.319 e. The predicted molar refractivity (Wildman–Crippen MR) is 167 cm³/mol. The molecule has 0 radical (unpaired) electrons. The van der Waals surface area contributed by atoms with E-state index in [1.54, 1.807) is 12.1 Å². The summed E-state index contributed by atoms with van der Waals surface area (Å²) in [5.74, 6) is 4.68. The van der Waals surface area contributed by atoms with Gasteiger partial charge in [0.1, 0.15) is 30.5 Å². The van der Waals surface area contributed by atoms with Gasteiger partial charge in [0.15, 0.2) is 0 Å². The largest absolute Gasteiger partial charge is 0.508 e. The van der Waals surface area contributed by atoms with Crippen LogP contribution in [-0.2, 0) is 0 Å². The van der Waals surface area contributed by atoms with E-state index in [0.717, 1.165) is 76.0 Å². The Bertz CT molecular complexity index is 1820. The fourth-order valence-electron chi connectivity index (χ4n) is 8.66. The molecule has 8 nitrogen and oxygen atoms in total. The van der Waals surface area contributed by atoms with E-state index < -0.39 is 0 Å². The van der Waals surface area contributed by atoms with Crippen LogP contribution in [0.15, 0.2) is 42.5 Å². The number of benzene rings is 3. The lowest BCUT2D eigenvalue weighted by molar-refractivity contribution is 0.108. The summed E-state index contributed by atoms with van der Waals surface area (Å²) in [5, 5.41) is 17.3. The van der Waals surface area contributed by atoms with Gasteiger partial charge in [-0.15, -0.1) is 6.42 Å². The third-order valence-electron chi connectivity index (χ3n) is 10.7. The molecule has 2 bridgehead atoms. The van der Waals surface area contributed by atoms with Crippen molar-refractivity contribution in [1.29, 1.82) is 0 Å². The summed E-state index contributed by atoms with van der Waals surface area (Å²) in [7, 11) is 0. The van der Waals surface area contributed by atoms with Crippen molar-refractivity contribution in [2.24, 2.45) is 0 Å². The molecule has 0 aliphatic carbocycles. The van der Waals surface area contributed by atoms with Crippen molar-refractivity contribution in [2.75, 3.05) is 37.7 Å². The van der Waals surface area contributed by atoms with Crippen molar-refractivity contribution < 1.29 is 14.6 Å². The molecule has 0 amide bonds. The Morgan fingerprint density at radius 1 is 1.09 bits per heavy atom. The highest BCUT2D eigenvalue weighted by molar-refractivity contribution is 6.05. The molecule has 1 aromatic heterocycles. The molecule has 2 N–H and O–H groups in total. The first kappa shape index (κ1) is 25.4. The van der Waals surface area contributed by atoms with E-state index in [1.165, 1.54) is 32.1 Å². The minimum atomic E-state index is 0.103. The minimum Gasteiger partial charge on any atom is -0.508 e. The summed E-state index contributed by atoms with van der Waals surface area (Å²) in [4.78, 5) is 15.2. The van der Waals surface area contributed by atoms with Crippen LogP contribution in [0.5, 0.6) is 17.5 Å². The topological polar surface area (TPSA) is 83.0 Å². The molecule has 0 spiro atoms. The number of phenols is 1. The highest BCUT2D eigenvalue weighted by Gasteiger charge is 2.46. The molecule has 5 aliphatic heterocycles. The number of hydrogen-bond donors (Lipinski definition) is 2. The molecule has 4 aromatic rings. The van der Waals surface area contributed by atoms with Crippen LogP contribution in [0, 0.1) is 12.3 Å². The molecule has 5 aliphatic rings. The monoisotopic (exact) mass is 573 g/mol. The second-order valence-electron chi connectivity index (χ2n) is 13.0. The summed E-state index contributed by atoms with van der Waals surface area (Å²) in [5.41, 5.74) is 3.40. The molecule has 3 atom stereocenters. The average molecular weight is 574 g/mol. The molecule has 0 saturated carbocycles. The number of aromatic hydroxyl groups is 1. The van der Waals surface area contributed by atoms with Gasteiger partial charge in [-0.1, -0.05) is 18.1 Å². The van der Waals surface area contributed by atoms with Gasteiger partial charge >= 0.3 is 6.01 Å². The first-order valence-corrected chi connectivity index (χ1v) is 15.7. The lowest BCUT2D eigenvalue weighted by atomic mass is 9.93. The van der Waals surface area contributed by atoms with Crippen molar-refractivity contribution in [3.63, 3.8) is 0 Å². The number of rotatable bonds is 4. The SMILES string of the molecule is C#Cc1cccc2cc(O)cc(-c3cc4c5c(nc(OCC67CCCN6CCC7)nc5c3)N3CC5CCC(N5)C3CO4)c12. The molecule has 3 unspecified atom stereocenters. The van der Waals surface area contributed by atoms with Gasteiger partial charge in [0.2, 0.25) is 0 Å². The number of nitrogens with zero attached hydrogens (tertiary/aromatic N) is 4. The summed E-state index contributed by atoms with van der Waals surface area (Å²) in [6, 6.07) is 14.9.